The van der Waals surface area contributed by atoms with Gasteiger partial charge in [-0.3, -0.25) is 9.59 Å². The molecule has 24 heavy (non-hydrogen) atoms. The van der Waals surface area contributed by atoms with Gasteiger partial charge in [-0.25, -0.2) is 4.98 Å². The standard InChI is InChI=1S/C16H16N4O2S2/c17-8-11-10-4-2-1-3-5-12(10)24-15(11)19-14(22)9-23-16-18-7-6-13(21)20-16/h6-7H,1-5,9H2,(H,19,22)(H,18,20,21). The van der Waals surface area contributed by atoms with Crippen molar-refractivity contribution >= 4 is 34.0 Å². The largest absolute Gasteiger partial charge is 0.316 e. The summed E-state index contributed by atoms with van der Waals surface area (Å²) in [6.07, 6.45) is 6.71. The summed E-state index contributed by atoms with van der Waals surface area (Å²) in [4.78, 5) is 31.2. The van der Waals surface area contributed by atoms with Crippen LogP contribution in [0.4, 0.5) is 5.00 Å². The lowest BCUT2D eigenvalue weighted by Crippen LogP contribution is -2.15. The Balaban J connectivity index is 1.68. The van der Waals surface area contributed by atoms with Gasteiger partial charge >= 0.3 is 0 Å². The third kappa shape index (κ3) is 3.86. The second-order valence-corrected chi connectivity index (χ2v) is 7.53. The number of aromatic nitrogens is 2. The number of rotatable bonds is 4. The molecule has 3 rings (SSSR count). The van der Waals surface area contributed by atoms with E-state index in [4.69, 9.17) is 0 Å². The molecule has 2 N–H and O–H groups in total. The predicted octanol–water partition coefficient (Wildman–Crippen LogP) is 2.70. The Hall–Kier alpha value is -2.11. The number of carbonyl (C=O) groups is 1. The Morgan fingerprint density at radius 3 is 3.04 bits per heavy atom. The van der Waals surface area contributed by atoms with Crippen LogP contribution in [0.15, 0.2) is 22.2 Å². The highest BCUT2D eigenvalue weighted by Gasteiger charge is 2.21. The van der Waals surface area contributed by atoms with Crippen LogP contribution in [-0.4, -0.2) is 21.6 Å². The molecule has 124 valence electrons. The summed E-state index contributed by atoms with van der Waals surface area (Å²) in [6.45, 7) is 0. The lowest BCUT2D eigenvalue weighted by molar-refractivity contribution is -0.113. The Morgan fingerprint density at radius 2 is 2.25 bits per heavy atom. The molecule has 2 heterocycles. The summed E-state index contributed by atoms with van der Waals surface area (Å²) < 4.78 is 0. The van der Waals surface area contributed by atoms with E-state index in [0.717, 1.165) is 43.0 Å². The van der Waals surface area contributed by atoms with Crippen molar-refractivity contribution < 1.29 is 4.79 Å². The van der Waals surface area contributed by atoms with Gasteiger partial charge in [-0.2, -0.15) is 5.26 Å². The quantitative estimate of drug-likeness (QED) is 0.496. The van der Waals surface area contributed by atoms with Crippen molar-refractivity contribution in [2.24, 2.45) is 0 Å². The molecule has 1 aliphatic carbocycles. The molecule has 0 spiro atoms. The predicted molar refractivity (Wildman–Crippen MR) is 94.5 cm³/mol. The molecule has 0 fully saturated rings. The first-order valence-corrected chi connectivity index (χ1v) is 9.50. The molecule has 2 aromatic heterocycles. The van der Waals surface area contributed by atoms with E-state index in [2.05, 4.69) is 21.4 Å². The van der Waals surface area contributed by atoms with Crippen LogP contribution in [0.5, 0.6) is 0 Å². The number of thioether (sulfide) groups is 1. The number of amides is 1. The number of anilines is 1. The zero-order chi connectivity index (χ0) is 16.9. The summed E-state index contributed by atoms with van der Waals surface area (Å²) in [6, 6.07) is 3.57. The molecule has 0 aromatic carbocycles. The average Bonchev–Trinajstić information content (AvgIpc) is 2.73. The Bertz CT molecular complexity index is 850. The monoisotopic (exact) mass is 360 g/mol. The van der Waals surface area contributed by atoms with E-state index in [1.165, 1.54) is 34.9 Å². The van der Waals surface area contributed by atoms with Crippen LogP contribution in [0, 0.1) is 11.3 Å². The molecule has 0 radical (unpaired) electrons. The number of nitrogens with zero attached hydrogens (tertiary/aromatic N) is 2. The maximum Gasteiger partial charge on any atom is 0.251 e. The van der Waals surface area contributed by atoms with Gasteiger partial charge in [0, 0.05) is 17.1 Å². The third-order valence-electron chi connectivity index (χ3n) is 3.77. The van der Waals surface area contributed by atoms with Gasteiger partial charge in [0.1, 0.15) is 11.1 Å². The average molecular weight is 360 g/mol. The maximum absolute atomic E-state index is 12.2. The van der Waals surface area contributed by atoms with E-state index >= 15 is 0 Å². The minimum atomic E-state index is -0.248. The zero-order valence-electron chi connectivity index (χ0n) is 12.9. The zero-order valence-corrected chi connectivity index (χ0v) is 14.6. The normalized spacial score (nSPS) is 13.6. The van der Waals surface area contributed by atoms with Crippen molar-refractivity contribution in [3.8, 4) is 6.07 Å². The number of nitrogens with one attached hydrogen (secondary N) is 2. The van der Waals surface area contributed by atoms with E-state index in [1.54, 1.807) is 0 Å². The number of aryl methyl sites for hydroxylation is 1. The minimum absolute atomic E-state index is 0.125. The van der Waals surface area contributed by atoms with Gasteiger partial charge in [0.25, 0.3) is 5.56 Å². The second-order valence-electron chi connectivity index (χ2n) is 5.46. The number of fused-ring (bicyclic) bond motifs is 1. The molecule has 0 saturated carbocycles. The molecule has 0 saturated heterocycles. The summed E-state index contributed by atoms with van der Waals surface area (Å²) in [5.41, 5.74) is 1.47. The van der Waals surface area contributed by atoms with E-state index < -0.39 is 0 Å². The summed E-state index contributed by atoms with van der Waals surface area (Å²) in [7, 11) is 0. The molecular formula is C16H16N4O2S2. The van der Waals surface area contributed by atoms with Crippen LogP contribution in [0.25, 0.3) is 0 Å². The van der Waals surface area contributed by atoms with Crippen LogP contribution < -0.4 is 10.9 Å². The van der Waals surface area contributed by atoms with Gasteiger partial charge in [0.05, 0.1) is 11.3 Å². The smallest absolute Gasteiger partial charge is 0.251 e. The second kappa shape index (κ2) is 7.64. The topological polar surface area (TPSA) is 98.6 Å². The number of carbonyl (C=O) groups excluding carboxylic acids is 1. The number of hydrogen-bond acceptors (Lipinski definition) is 6. The lowest BCUT2D eigenvalue weighted by atomic mass is 10.1. The molecule has 6 nitrogen and oxygen atoms in total. The molecule has 1 aliphatic rings. The van der Waals surface area contributed by atoms with Crippen LogP contribution in [0.3, 0.4) is 0 Å². The fourth-order valence-electron chi connectivity index (χ4n) is 2.67. The van der Waals surface area contributed by atoms with Crippen LogP contribution in [0.1, 0.15) is 35.3 Å². The Labute approximate surface area is 147 Å². The Morgan fingerprint density at radius 1 is 1.42 bits per heavy atom. The first-order valence-electron chi connectivity index (χ1n) is 7.70. The van der Waals surface area contributed by atoms with Crippen LogP contribution in [0.2, 0.25) is 0 Å². The number of nitriles is 1. The lowest BCUT2D eigenvalue weighted by Gasteiger charge is -2.03. The van der Waals surface area contributed by atoms with Crippen molar-refractivity contribution in [2.75, 3.05) is 11.1 Å². The number of hydrogen-bond donors (Lipinski definition) is 2. The molecule has 1 amide bonds. The van der Waals surface area contributed by atoms with Crippen LogP contribution in [-0.2, 0) is 17.6 Å². The van der Waals surface area contributed by atoms with Crippen LogP contribution >= 0.6 is 23.1 Å². The maximum atomic E-state index is 12.2. The van der Waals surface area contributed by atoms with E-state index in [-0.39, 0.29) is 17.2 Å². The van der Waals surface area contributed by atoms with Gasteiger partial charge in [0.2, 0.25) is 5.91 Å². The van der Waals surface area contributed by atoms with E-state index in [1.807, 2.05) is 0 Å². The van der Waals surface area contributed by atoms with E-state index in [0.29, 0.717) is 15.7 Å². The van der Waals surface area contributed by atoms with Crippen molar-refractivity contribution in [3.05, 3.63) is 38.6 Å². The molecule has 8 heteroatoms. The van der Waals surface area contributed by atoms with Gasteiger partial charge in [-0.1, -0.05) is 18.2 Å². The summed E-state index contributed by atoms with van der Waals surface area (Å²) >= 11 is 2.67. The highest BCUT2D eigenvalue weighted by molar-refractivity contribution is 7.99. The number of aromatic amines is 1. The first-order chi connectivity index (χ1) is 11.7. The van der Waals surface area contributed by atoms with Crippen molar-refractivity contribution in [2.45, 2.75) is 37.3 Å². The third-order valence-corrected chi connectivity index (χ3v) is 5.87. The fraction of sp³-hybridized carbons (Fsp3) is 0.375. The van der Waals surface area contributed by atoms with Gasteiger partial charge in [-0.05, 0) is 31.2 Å². The molecule has 0 aliphatic heterocycles. The number of thiophene rings is 1. The van der Waals surface area contributed by atoms with Gasteiger partial charge < -0.3 is 10.3 Å². The molecular weight excluding hydrogens is 344 g/mol. The van der Waals surface area contributed by atoms with Crippen molar-refractivity contribution in [1.82, 2.24) is 9.97 Å². The Kier molecular flexibility index (Phi) is 5.33. The summed E-state index contributed by atoms with van der Waals surface area (Å²) in [5, 5.41) is 13.3. The molecule has 0 atom stereocenters. The molecule has 2 aromatic rings. The fourth-order valence-corrected chi connectivity index (χ4v) is 4.58. The number of H-pyrrole nitrogens is 1. The van der Waals surface area contributed by atoms with Crippen molar-refractivity contribution in [1.29, 1.82) is 5.26 Å². The molecule has 0 unspecified atom stereocenters. The summed E-state index contributed by atoms with van der Waals surface area (Å²) in [5.74, 6) is -0.0835. The minimum Gasteiger partial charge on any atom is -0.316 e. The van der Waals surface area contributed by atoms with Gasteiger partial charge in [0.15, 0.2) is 5.16 Å². The van der Waals surface area contributed by atoms with Gasteiger partial charge in [-0.15, -0.1) is 11.3 Å². The SMILES string of the molecule is N#Cc1c(NC(=O)CSc2nccc(=O)[nH]2)sc2c1CCCCC2. The molecule has 0 bridgehead atoms. The highest BCUT2D eigenvalue weighted by atomic mass is 32.2. The highest BCUT2D eigenvalue weighted by Crippen LogP contribution is 2.37. The van der Waals surface area contributed by atoms with Crippen molar-refractivity contribution in [3.63, 3.8) is 0 Å². The van der Waals surface area contributed by atoms with E-state index in [9.17, 15) is 14.9 Å². The first kappa shape index (κ1) is 16.7.